The Kier molecular flexibility index (Phi) is 2.33. The average Bonchev–Trinajstić information content (AvgIpc) is 2.17. The molecule has 0 fully saturated rings. The summed E-state index contributed by atoms with van der Waals surface area (Å²) in [6, 6.07) is 5.38. The Morgan fingerprint density at radius 1 is 1.46 bits per heavy atom. The third kappa shape index (κ3) is 1.59. The highest BCUT2D eigenvalue weighted by Crippen LogP contribution is 2.27. The second-order valence-electron chi connectivity index (χ2n) is 3.06. The van der Waals surface area contributed by atoms with Crippen molar-refractivity contribution in [2.24, 2.45) is 0 Å². The van der Waals surface area contributed by atoms with Crippen LogP contribution < -0.4 is 5.32 Å². The summed E-state index contributed by atoms with van der Waals surface area (Å²) in [5.41, 5.74) is 1.90. The first-order valence-corrected chi connectivity index (χ1v) is 5.31. The number of fused-ring (bicyclic) bond motifs is 1. The van der Waals surface area contributed by atoms with Crippen molar-refractivity contribution in [2.45, 2.75) is 17.7 Å². The molecule has 13 heavy (non-hydrogen) atoms. The van der Waals surface area contributed by atoms with Crippen LogP contribution in [0.3, 0.4) is 0 Å². The van der Waals surface area contributed by atoms with Crippen LogP contribution >= 0.6 is 0 Å². The van der Waals surface area contributed by atoms with Crippen molar-refractivity contribution >= 4 is 16.8 Å². The van der Waals surface area contributed by atoms with Crippen molar-refractivity contribution in [1.29, 1.82) is 0 Å². The second kappa shape index (κ2) is 3.47. The lowest BCUT2D eigenvalue weighted by molar-refractivity contribution is 0.537. The lowest BCUT2D eigenvalue weighted by atomic mass is 10.0. The second-order valence-corrected chi connectivity index (χ2v) is 3.96. The maximum atomic E-state index is 10.8. The number of benzene rings is 1. The Morgan fingerprint density at radius 3 is 3.08 bits per heavy atom. The number of para-hydroxylation sites is 1. The number of nitrogens with one attached hydrogen (secondary N) is 1. The number of aryl methyl sites for hydroxylation is 1. The van der Waals surface area contributed by atoms with E-state index < -0.39 is 11.1 Å². The summed E-state index contributed by atoms with van der Waals surface area (Å²) in [7, 11) is 0. The fourth-order valence-corrected chi connectivity index (χ4v) is 2.18. The Bertz CT molecular complexity index is 351. The summed E-state index contributed by atoms with van der Waals surface area (Å²) >= 11 is -2.13. The van der Waals surface area contributed by atoms with Crippen molar-refractivity contribution in [1.82, 2.24) is 0 Å². The molecule has 1 unspecified atom stereocenters. The van der Waals surface area contributed by atoms with Crippen molar-refractivity contribution < 1.29 is 8.76 Å². The fourth-order valence-electron chi connectivity index (χ4n) is 1.62. The lowest BCUT2D eigenvalue weighted by Crippen LogP contribution is -2.13. The van der Waals surface area contributed by atoms with Crippen LogP contribution in [0.4, 0.5) is 5.69 Å². The van der Waals surface area contributed by atoms with Gasteiger partial charge in [-0.1, -0.05) is 12.1 Å². The number of hydrogen-bond donors (Lipinski definition) is 1. The van der Waals surface area contributed by atoms with Crippen LogP contribution in [0.15, 0.2) is 23.1 Å². The van der Waals surface area contributed by atoms with Crippen molar-refractivity contribution in [3.63, 3.8) is 0 Å². The SMILES string of the molecule is O=S([O-])c1cccc2c1NCCC2. The summed E-state index contributed by atoms with van der Waals surface area (Å²) in [5, 5.41) is 3.12. The maximum Gasteiger partial charge on any atom is 0.0525 e. The zero-order valence-electron chi connectivity index (χ0n) is 7.08. The smallest absolute Gasteiger partial charge is 0.0525 e. The predicted molar refractivity (Wildman–Crippen MR) is 50.4 cm³/mol. The maximum absolute atomic E-state index is 10.8. The van der Waals surface area contributed by atoms with Gasteiger partial charge in [0, 0.05) is 11.4 Å². The van der Waals surface area contributed by atoms with Gasteiger partial charge < -0.3 is 9.87 Å². The van der Waals surface area contributed by atoms with E-state index in [9.17, 15) is 8.76 Å². The molecule has 1 aliphatic rings. The van der Waals surface area contributed by atoms with E-state index in [1.807, 2.05) is 6.07 Å². The molecule has 0 saturated heterocycles. The van der Waals surface area contributed by atoms with E-state index in [0.29, 0.717) is 4.90 Å². The minimum absolute atomic E-state index is 0.386. The van der Waals surface area contributed by atoms with Gasteiger partial charge in [-0.25, -0.2) is 0 Å². The zero-order valence-corrected chi connectivity index (χ0v) is 7.89. The van der Waals surface area contributed by atoms with Gasteiger partial charge in [0.25, 0.3) is 0 Å². The van der Waals surface area contributed by atoms with Crippen LogP contribution in [0.2, 0.25) is 0 Å². The predicted octanol–water partition coefficient (Wildman–Crippen LogP) is 1.28. The van der Waals surface area contributed by atoms with Crippen LogP contribution in [0.5, 0.6) is 0 Å². The highest BCUT2D eigenvalue weighted by atomic mass is 32.2. The highest BCUT2D eigenvalue weighted by molar-refractivity contribution is 7.79. The molecule has 0 bridgehead atoms. The largest absolute Gasteiger partial charge is 0.768 e. The molecule has 3 nitrogen and oxygen atoms in total. The van der Waals surface area contributed by atoms with Crippen LogP contribution in [0.25, 0.3) is 0 Å². The first kappa shape index (κ1) is 8.72. The van der Waals surface area contributed by atoms with Gasteiger partial charge in [0.05, 0.1) is 5.69 Å². The van der Waals surface area contributed by atoms with Gasteiger partial charge in [-0.2, -0.15) is 0 Å². The number of anilines is 1. The van der Waals surface area contributed by atoms with Gasteiger partial charge in [0.15, 0.2) is 0 Å². The topological polar surface area (TPSA) is 52.2 Å². The molecule has 0 radical (unpaired) electrons. The first-order valence-electron chi connectivity index (χ1n) is 4.24. The number of hydrogen-bond acceptors (Lipinski definition) is 3. The summed E-state index contributed by atoms with van der Waals surface area (Å²) in [6.07, 6.45) is 2.04. The van der Waals surface area contributed by atoms with E-state index in [-0.39, 0.29) is 0 Å². The fraction of sp³-hybridized carbons (Fsp3) is 0.333. The summed E-state index contributed by atoms with van der Waals surface area (Å²) in [4.78, 5) is 0.386. The van der Waals surface area contributed by atoms with Gasteiger partial charge in [0.1, 0.15) is 0 Å². The van der Waals surface area contributed by atoms with Gasteiger partial charge in [-0.15, -0.1) is 0 Å². The first-order chi connectivity index (χ1) is 6.29. The molecule has 70 valence electrons. The molecule has 1 aliphatic heterocycles. The molecule has 1 aromatic rings. The van der Waals surface area contributed by atoms with Crippen LogP contribution in [0.1, 0.15) is 12.0 Å². The average molecular weight is 196 g/mol. The Labute approximate surface area is 79.4 Å². The Balaban J connectivity index is 2.52. The molecule has 1 N–H and O–H groups in total. The van der Waals surface area contributed by atoms with E-state index in [1.165, 1.54) is 0 Å². The molecule has 0 spiro atoms. The molecule has 1 heterocycles. The van der Waals surface area contributed by atoms with Crippen LogP contribution in [0, 0.1) is 0 Å². The standard InChI is InChI=1S/C9H11NO2S/c11-13(12)8-5-1-3-7-4-2-6-10-9(7)8/h1,3,5,10H,2,4,6H2,(H,11,12)/p-1. The molecule has 1 atom stereocenters. The van der Waals surface area contributed by atoms with Gasteiger partial charge in [0.2, 0.25) is 0 Å². The van der Waals surface area contributed by atoms with Gasteiger partial charge in [-0.3, -0.25) is 4.21 Å². The third-order valence-corrected chi connectivity index (χ3v) is 2.92. The molecule has 0 aliphatic carbocycles. The van der Waals surface area contributed by atoms with Gasteiger partial charge >= 0.3 is 0 Å². The lowest BCUT2D eigenvalue weighted by Gasteiger charge is -2.21. The molecular weight excluding hydrogens is 186 g/mol. The quantitative estimate of drug-likeness (QED) is 0.688. The zero-order chi connectivity index (χ0) is 9.26. The highest BCUT2D eigenvalue weighted by Gasteiger charge is 2.11. The van der Waals surface area contributed by atoms with E-state index >= 15 is 0 Å². The molecule has 2 rings (SSSR count). The van der Waals surface area contributed by atoms with E-state index in [4.69, 9.17) is 0 Å². The summed E-state index contributed by atoms with van der Waals surface area (Å²) in [5.74, 6) is 0. The van der Waals surface area contributed by atoms with Crippen molar-refractivity contribution in [3.05, 3.63) is 23.8 Å². The Morgan fingerprint density at radius 2 is 2.31 bits per heavy atom. The summed E-state index contributed by atoms with van der Waals surface area (Å²) in [6.45, 7) is 0.862. The van der Waals surface area contributed by atoms with Crippen molar-refractivity contribution in [3.8, 4) is 0 Å². The van der Waals surface area contributed by atoms with E-state index in [0.717, 1.165) is 30.6 Å². The third-order valence-electron chi connectivity index (χ3n) is 2.22. The minimum atomic E-state index is -2.13. The van der Waals surface area contributed by atoms with E-state index in [2.05, 4.69) is 5.32 Å². The minimum Gasteiger partial charge on any atom is -0.768 e. The monoisotopic (exact) mass is 196 g/mol. The van der Waals surface area contributed by atoms with Gasteiger partial charge in [-0.05, 0) is 35.6 Å². The normalized spacial score (nSPS) is 17.3. The summed E-state index contributed by atoms with van der Waals surface area (Å²) < 4.78 is 21.7. The van der Waals surface area contributed by atoms with E-state index in [1.54, 1.807) is 12.1 Å². The molecule has 0 saturated carbocycles. The Hall–Kier alpha value is -0.870. The molecule has 0 amide bonds. The number of rotatable bonds is 1. The molecule has 0 aromatic heterocycles. The molecule has 4 heteroatoms. The molecule has 1 aromatic carbocycles. The molecular formula is C9H10NO2S-. The van der Waals surface area contributed by atoms with Crippen LogP contribution in [-0.2, 0) is 17.5 Å². The van der Waals surface area contributed by atoms with Crippen LogP contribution in [-0.4, -0.2) is 15.3 Å². The van der Waals surface area contributed by atoms with Crippen molar-refractivity contribution in [2.75, 3.05) is 11.9 Å².